The Hall–Kier alpha value is -4.35. The highest BCUT2D eigenvalue weighted by Crippen LogP contribution is 2.43. The summed E-state index contributed by atoms with van der Waals surface area (Å²) in [5.41, 5.74) is 5.98. The van der Waals surface area contributed by atoms with Gasteiger partial charge in [-0.15, -0.1) is 0 Å². The minimum atomic E-state index is -0.414. The lowest BCUT2D eigenvalue weighted by Crippen LogP contribution is -2.05. The summed E-state index contributed by atoms with van der Waals surface area (Å²) in [6, 6.07) is 27.8. The summed E-state index contributed by atoms with van der Waals surface area (Å²) in [5, 5.41) is 0. The van der Waals surface area contributed by atoms with Gasteiger partial charge in [-0.05, 0) is 37.1 Å². The first-order valence-electron chi connectivity index (χ1n) is 12.6. The lowest BCUT2D eigenvalue weighted by molar-refractivity contribution is -0.133. The van der Waals surface area contributed by atoms with Gasteiger partial charge in [-0.3, -0.25) is 9.59 Å². The molecule has 0 bridgehead atoms. The third kappa shape index (κ3) is 7.82. The fourth-order valence-corrected chi connectivity index (χ4v) is 4.87. The summed E-state index contributed by atoms with van der Waals surface area (Å²) in [6.07, 6.45) is 7.83. The monoisotopic (exact) mass is 534 g/mol. The van der Waals surface area contributed by atoms with Crippen molar-refractivity contribution in [2.45, 2.75) is 37.5 Å². The van der Waals surface area contributed by atoms with Crippen LogP contribution in [0.4, 0.5) is 0 Å². The van der Waals surface area contributed by atoms with E-state index in [4.69, 9.17) is 9.47 Å². The van der Waals surface area contributed by atoms with Gasteiger partial charge >= 0.3 is 11.9 Å². The average molecular weight is 535 g/mol. The topological polar surface area (TPSA) is 52.6 Å². The fourth-order valence-electron chi connectivity index (χ4n) is 3.84. The maximum atomic E-state index is 12.1. The predicted molar refractivity (Wildman–Crippen MR) is 160 cm³/mol. The minimum absolute atomic E-state index is 0.414. The number of carbonyl (C=O) groups excluding carboxylic acids is 2. The van der Waals surface area contributed by atoms with Gasteiger partial charge in [-0.25, -0.2) is 0 Å². The van der Waals surface area contributed by atoms with Crippen molar-refractivity contribution in [1.29, 1.82) is 0 Å². The first-order chi connectivity index (χ1) is 18.8. The molecule has 0 N–H and O–H groups in total. The third-order valence-electron chi connectivity index (χ3n) is 5.80. The Kier molecular flexibility index (Phi) is 9.18. The molecule has 4 aromatic carbocycles. The molecule has 0 spiro atoms. The molecule has 0 amide bonds. The molecule has 4 rings (SSSR count). The number of hydrogen-bond donors (Lipinski definition) is 0. The summed E-state index contributed by atoms with van der Waals surface area (Å²) in [7, 11) is 0. The van der Waals surface area contributed by atoms with Crippen LogP contribution in [0.15, 0.2) is 94.7 Å². The zero-order chi connectivity index (χ0) is 27.8. The fraction of sp³-hybridized carbons (Fsp3) is 0.118. The SMILES string of the molecule is CC(=O)Oc1c(/C=C\c2ccc(C)cc2)cccc1Sc1cccc(/C=C\c2ccc(C)cc2)c1OC(C)=O. The molecule has 0 aliphatic heterocycles. The molecule has 0 aliphatic rings. The molecule has 4 nitrogen and oxygen atoms in total. The minimum Gasteiger partial charge on any atom is -0.425 e. The van der Waals surface area contributed by atoms with Crippen LogP contribution in [0, 0.1) is 13.8 Å². The molecular formula is C34H30O4S. The normalized spacial score (nSPS) is 11.2. The van der Waals surface area contributed by atoms with E-state index in [0.29, 0.717) is 11.5 Å². The zero-order valence-corrected chi connectivity index (χ0v) is 23.3. The number of para-hydroxylation sites is 2. The van der Waals surface area contributed by atoms with Crippen molar-refractivity contribution in [3.05, 3.63) is 118 Å². The highest BCUT2D eigenvalue weighted by molar-refractivity contribution is 7.99. The van der Waals surface area contributed by atoms with Crippen molar-refractivity contribution >= 4 is 48.0 Å². The molecule has 196 valence electrons. The third-order valence-corrected chi connectivity index (χ3v) is 6.88. The quantitative estimate of drug-likeness (QED) is 0.129. The number of rotatable bonds is 8. The van der Waals surface area contributed by atoms with E-state index >= 15 is 0 Å². The first kappa shape index (κ1) is 27.7. The van der Waals surface area contributed by atoms with Gasteiger partial charge in [0, 0.05) is 25.0 Å². The molecule has 0 fully saturated rings. The molecule has 0 unspecified atom stereocenters. The van der Waals surface area contributed by atoms with Gasteiger partial charge in [-0.1, -0.05) is 120 Å². The maximum absolute atomic E-state index is 12.1. The number of esters is 2. The molecular weight excluding hydrogens is 504 g/mol. The summed E-state index contributed by atoms with van der Waals surface area (Å²) < 4.78 is 11.4. The van der Waals surface area contributed by atoms with E-state index in [1.165, 1.54) is 36.7 Å². The van der Waals surface area contributed by atoms with Gasteiger partial charge < -0.3 is 9.47 Å². The van der Waals surface area contributed by atoms with Gasteiger partial charge in [0.1, 0.15) is 0 Å². The Balaban J connectivity index is 1.71. The molecule has 0 radical (unpaired) electrons. The summed E-state index contributed by atoms with van der Waals surface area (Å²) in [4.78, 5) is 25.6. The van der Waals surface area contributed by atoms with Crippen molar-refractivity contribution in [2.24, 2.45) is 0 Å². The molecule has 0 saturated heterocycles. The molecule has 0 aliphatic carbocycles. The lowest BCUT2D eigenvalue weighted by atomic mass is 10.1. The van der Waals surface area contributed by atoms with Crippen molar-refractivity contribution in [3.8, 4) is 11.5 Å². The van der Waals surface area contributed by atoms with Gasteiger partial charge in [0.15, 0.2) is 11.5 Å². The Labute approximate surface area is 234 Å². The zero-order valence-electron chi connectivity index (χ0n) is 22.4. The number of hydrogen-bond acceptors (Lipinski definition) is 5. The second-order valence-electron chi connectivity index (χ2n) is 9.13. The van der Waals surface area contributed by atoms with E-state index in [2.05, 4.69) is 24.3 Å². The Morgan fingerprint density at radius 3 is 1.31 bits per heavy atom. The van der Waals surface area contributed by atoms with Gasteiger partial charge in [0.25, 0.3) is 0 Å². The molecule has 39 heavy (non-hydrogen) atoms. The second-order valence-corrected chi connectivity index (χ2v) is 10.2. The summed E-state index contributed by atoms with van der Waals surface area (Å²) >= 11 is 1.38. The van der Waals surface area contributed by atoms with Crippen molar-refractivity contribution < 1.29 is 19.1 Å². The highest BCUT2D eigenvalue weighted by Gasteiger charge is 2.17. The first-order valence-corrected chi connectivity index (χ1v) is 13.4. The van der Waals surface area contributed by atoms with Crippen LogP contribution < -0.4 is 9.47 Å². The van der Waals surface area contributed by atoms with E-state index in [1.807, 2.05) is 98.8 Å². The van der Waals surface area contributed by atoms with Crippen LogP contribution in [0.5, 0.6) is 11.5 Å². The largest absolute Gasteiger partial charge is 0.425 e. The molecule has 0 saturated carbocycles. The van der Waals surface area contributed by atoms with E-state index in [1.54, 1.807) is 0 Å². The van der Waals surface area contributed by atoms with E-state index in [-0.39, 0.29) is 0 Å². The predicted octanol–water partition coefficient (Wildman–Crippen LogP) is 8.65. The van der Waals surface area contributed by atoms with Crippen LogP contribution in [0.1, 0.15) is 47.2 Å². The molecule has 0 aromatic heterocycles. The molecule has 4 aromatic rings. The smallest absolute Gasteiger partial charge is 0.308 e. The maximum Gasteiger partial charge on any atom is 0.308 e. The van der Waals surface area contributed by atoms with Crippen LogP contribution in [-0.4, -0.2) is 11.9 Å². The molecule has 0 atom stereocenters. The van der Waals surface area contributed by atoms with Gasteiger partial charge in [0.2, 0.25) is 0 Å². The number of ether oxygens (including phenoxy) is 2. The number of benzene rings is 4. The van der Waals surface area contributed by atoms with Crippen LogP contribution in [0.2, 0.25) is 0 Å². The Morgan fingerprint density at radius 2 is 0.949 bits per heavy atom. The molecule has 5 heteroatoms. The van der Waals surface area contributed by atoms with Gasteiger partial charge in [-0.2, -0.15) is 0 Å². The van der Waals surface area contributed by atoms with Crippen molar-refractivity contribution in [3.63, 3.8) is 0 Å². The number of carbonyl (C=O) groups is 2. The summed E-state index contributed by atoms with van der Waals surface area (Å²) in [5.74, 6) is 0.0755. The van der Waals surface area contributed by atoms with Crippen molar-refractivity contribution in [1.82, 2.24) is 0 Å². The van der Waals surface area contributed by atoms with Crippen LogP contribution in [0.25, 0.3) is 24.3 Å². The van der Waals surface area contributed by atoms with Crippen LogP contribution in [0.3, 0.4) is 0 Å². The summed E-state index contributed by atoms with van der Waals surface area (Å²) in [6.45, 7) is 6.86. The van der Waals surface area contributed by atoms with E-state index in [9.17, 15) is 9.59 Å². The Morgan fingerprint density at radius 1 is 0.564 bits per heavy atom. The highest BCUT2D eigenvalue weighted by atomic mass is 32.2. The van der Waals surface area contributed by atoms with Gasteiger partial charge in [0.05, 0.1) is 9.79 Å². The van der Waals surface area contributed by atoms with Crippen molar-refractivity contribution in [2.75, 3.05) is 0 Å². The lowest BCUT2D eigenvalue weighted by Gasteiger charge is -2.15. The second kappa shape index (κ2) is 12.9. The number of aryl methyl sites for hydroxylation is 2. The average Bonchev–Trinajstić information content (AvgIpc) is 2.90. The Bertz CT molecular complexity index is 1410. The van der Waals surface area contributed by atoms with E-state index in [0.717, 1.165) is 32.0 Å². The molecule has 0 heterocycles. The standard InChI is InChI=1S/C34H30O4S/c1-23-11-15-27(16-12-23)19-21-29-7-5-9-31(33(29)37-25(3)35)39-32-10-6-8-30(34(32)38-26(4)36)22-20-28-17-13-24(2)14-18-28/h5-22H,1-4H3/b21-19-,22-20-. The van der Waals surface area contributed by atoms with Crippen LogP contribution >= 0.6 is 11.8 Å². The van der Waals surface area contributed by atoms with Crippen LogP contribution in [-0.2, 0) is 9.59 Å². The van der Waals surface area contributed by atoms with E-state index < -0.39 is 11.9 Å².